The number of amides is 1. The van der Waals surface area contributed by atoms with Crippen molar-refractivity contribution in [1.82, 2.24) is 25.1 Å². The minimum absolute atomic E-state index is 0.0651. The van der Waals surface area contributed by atoms with E-state index in [1.54, 1.807) is 16.6 Å². The zero-order valence-electron chi connectivity index (χ0n) is 13.4. The molecule has 0 bridgehead atoms. The number of hydrogen-bond donors (Lipinski definition) is 0. The molecule has 1 atom stereocenters. The highest BCUT2D eigenvalue weighted by molar-refractivity contribution is 7.99. The van der Waals surface area contributed by atoms with Crippen LogP contribution in [0.25, 0.3) is 0 Å². The van der Waals surface area contributed by atoms with E-state index in [2.05, 4.69) is 15.5 Å². The Morgan fingerprint density at radius 2 is 2.25 bits per heavy atom. The van der Waals surface area contributed by atoms with Crippen LogP contribution in [0.2, 0.25) is 0 Å². The Hall–Kier alpha value is -2.13. The average molecular weight is 349 g/mol. The van der Waals surface area contributed by atoms with E-state index < -0.39 is 0 Å². The van der Waals surface area contributed by atoms with Gasteiger partial charge in [-0.25, -0.2) is 9.48 Å². The minimum Gasteiger partial charge on any atom is -0.445 e. The molecule has 1 aromatic heterocycles. The van der Waals surface area contributed by atoms with Crippen molar-refractivity contribution in [2.75, 3.05) is 25.4 Å². The summed E-state index contributed by atoms with van der Waals surface area (Å²) < 4.78 is 12.7. The summed E-state index contributed by atoms with van der Waals surface area (Å²) in [6.07, 6.45) is -0.373. The lowest BCUT2D eigenvalue weighted by atomic mass is 10.2. The normalized spacial score (nSPS) is 17.7. The molecule has 0 spiro atoms. The van der Waals surface area contributed by atoms with Gasteiger partial charge in [0.25, 0.3) is 0 Å². The van der Waals surface area contributed by atoms with E-state index >= 15 is 0 Å². The zero-order valence-corrected chi connectivity index (χ0v) is 14.2. The maximum atomic E-state index is 12.2. The molecular formula is C15H19N5O3S. The highest BCUT2D eigenvalue weighted by atomic mass is 32.2. The summed E-state index contributed by atoms with van der Waals surface area (Å²) in [5.74, 6) is 0.677. The molecule has 1 fully saturated rings. The van der Waals surface area contributed by atoms with Crippen LogP contribution >= 0.6 is 11.8 Å². The smallest absolute Gasteiger partial charge is 0.410 e. The van der Waals surface area contributed by atoms with Crippen LogP contribution in [0, 0.1) is 0 Å². The summed E-state index contributed by atoms with van der Waals surface area (Å²) in [5.41, 5.74) is 0.973. The molecule has 0 N–H and O–H groups in total. The number of carbonyl (C=O) groups excluding carboxylic acids is 1. The fraction of sp³-hybridized carbons (Fsp3) is 0.467. The molecule has 0 aliphatic carbocycles. The molecule has 0 radical (unpaired) electrons. The van der Waals surface area contributed by atoms with Gasteiger partial charge in [0, 0.05) is 19.3 Å². The third-order valence-electron chi connectivity index (χ3n) is 3.58. The second kappa shape index (κ2) is 8.11. The molecule has 1 aliphatic rings. The van der Waals surface area contributed by atoms with E-state index in [4.69, 9.17) is 9.47 Å². The molecule has 0 saturated carbocycles. The monoisotopic (exact) mass is 349 g/mol. The second-order valence-electron chi connectivity index (χ2n) is 5.38. The molecule has 9 heteroatoms. The molecule has 128 valence electrons. The van der Waals surface area contributed by atoms with Crippen LogP contribution in [0.1, 0.15) is 5.56 Å². The summed E-state index contributed by atoms with van der Waals surface area (Å²) in [6, 6.07) is 9.64. The topological polar surface area (TPSA) is 82.4 Å². The molecule has 3 rings (SSSR count). The predicted molar refractivity (Wildman–Crippen MR) is 87.5 cm³/mol. The van der Waals surface area contributed by atoms with Gasteiger partial charge in [-0.3, -0.25) is 0 Å². The van der Waals surface area contributed by atoms with Gasteiger partial charge in [-0.1, -0.05) is 42.1 Å². The summed E-state index contributed by atoms with van der Waals surface area (Å²) in [5, 5.41) is 12.0. The van der Waals surface area contributed by atoms with Crippen molar-refractivity contribution in [3.63, 3.8) is 0 Å². The fourth-order valence-corrected chi connectivity index (χ4v) is 3.16. The van der Waals surface area contributed by atoms with E-state index in [1.807, 2.05) is 30.3 Å². The highest BCUT2D eigenvalue weighted by Gasteiger charge is 2.25. The van der Waals surface area contributed by atoms with Crippen molar-refractivity contribution in [2.24, 2.45) is 7.05 Å². The Morgan fingerprint density at radius 3 is 3.00 bits per heavy atom. The number of morpholine rings is 1. The van der Waals surface area contributed by atoms with Crippen LogP contribution < -0.4 is 0 Å². The van der Waals surface area contributed by atoms with Gasteiger partial charge in [0.1, 0.15) is 6.61 Å². The van der Waals surface area contributed by atoms with Crippen molar-refractivity contribution in [1.29, 1.82) is 0 Å². The third kappa shape index (κ3) is 4.45. The number of aromatic nitrogens is 4. The standard InChI is InChI=1S/C15H19N5O3S/c1-19-14(16-17-18-19)24-11-13-9-20(7-8-22-13)15(21)23-10-12-5-3-2-4-6-12/h2-6,13H,7-11H2,1H3/t13-/m0/s1. The Kier molecular flexibility index (Phi) is 5.65. The van der Waals surface area contributed by atoms with Crippen LogP contribution in [0.15, 0.2) is 35.5 Å². The first-order valence-electron chi connectivity index (χ1n) is 7.65. The lowest BCUT2D eigenvalue weighted by Gasteiger charge is -2.32. The quantitative estimate of drug-likeness (QED) is 0.753. The first-order valence-corrected chi connectivity index (χ1v) is 8.63. The first kappa shape index (κ1) is 16.7. The molecule has 8 nitrogen and oxygen atoms in total. The maximum absolute atomic E-state index is 12.2. The van der Waals surface area contributed by atoms with E-state index in [-0.39, 0.29) is 18.8 Å². The Labute approximate surface area is 144 Å². The number of nitrogens with zero attached hydrogens (tertiary/aromatic N) is 5. The summed E-state index contributed by atoms with van der Waals surface area (Å²) in [6.45, 7) is 1.83. The summed E-state index contributed by atoms with van der Waals surface area (Å²) >= 11 is 1.51. The van der Waals surface area contributed by atoms with E-state index in [0.29, 0.717) is 25.4 Å². The van der Waals surface area contributed by atoms with Crippen LogP contribution in [0.3, 0.4) is 0 Å². The molecule has 1 amide bonds. The first-order chi connectivity index (χ1) is 11.7. The minimum atomic E-state index is -0.308. The Bertz CT molecular complexity index is 666. The SMILES string of the molecule is Cn1nnnc1SC[C@@H]1CN(C(=O)OCc2ccccc2)CCO1. The third-order valence-corrected chi connectivity index (χ3v) is 4.72. The van der Waals surface area contributed by atoms with Gasteiger partial charge in [-0.15, -0.1) is 5.10 Å². The van der Waals surface area contributed by atoms with Crippen molar-refractivity contribution >= 4 is 17.9 Å². The van der Waals surface area contributed by atoms with Crippen LogP contribution in [-0.2, 0) is 23.1 Å². The van der Waals surface area contributed by atoms with Crippen LogP contribution in [-0.4, -0.2) is 62.8 Å². The van der Waals surface area contributed by atoms with Crippen molar-refractivity contribution in [3.8, 4) is 0 Å². The molecule has 2 aromatic rings. The highest BCUT2D eigenvalue weighted by Crippen LogP contribution is 2.18. The Morgan fingerprint density at radius 1 is 1.42 bits per heavy atom. The summed E-state index contributed by atoms with van der Waals surface area (Å²) in [4.78, 5) is 13.9. The van der Waals surface area contributed by atoms with Crippen LogP contribution in [0.4, 0.5) is 4.79 Å². The van der Waals surface area contributed by atoms with Gasteiger partial charge in [0.2, 0.25) is 5.16 Å². The van der Waals surface area contributed by atoms with Crippen LogP contribution in [0.5, 0.6) is 0 Å². The van der Waals surface area contributed by atoms with Gasteiger partial charge < -0.3 is 14.4 Å². The second-order valence-corrected chi connectivity index (χ2v) is 6.36. The maximum Gasteiger partial charge on any atom is 0.410 e. The largest absolute Gasteiger partial charge is 0.445 e. The van der Waals surface area contributed by atoms with Crippen molar-refractivity contribution in [3.05, 3.63) is 35.9 Å². The number of aryl methyl sites for hydroxylation is 1. The van der Waals surface area contributed by atoms with Gasteiger partial charge in [0.15, 0.2) is 0 Å². The molecule has 1 aliphatic heterocycles. The molecule has 1 aromatic carbocycles. The van der Waals surface area contributed by atoms with Gasteiger partial charge >= 0.3 is 6.09 Å². The lowest BCUT2D eigenvalue weighted by molar-refractivity contribution is -0.0171. The number of tetrazole rings is 1. The lowest BCUT2D eigenvalue weighted by Crippen LogP contribution is -2.46. The van der Waals surface area contributed by atoms with Gasteiger partial charge in [-0.2, -0.15) is 0 Å². The van der Waals surface area contributed by atoms with E-state index in [9.17, 15) is 4.79 Å². The fourth-order valence-electron chi connectivity index (χ4n) is 2.31. The summed E-state index contributed by atoms with van der Waals surface area (Å²) in [7, 11) is 1.79. The number of carbonyl (C=O) groups is 1. The predicted octanol–water partition coefficient (Wildman–Crippen LogP) is 1.34. The molecule has 1 saturated heterocycles. The number of ether oxygens (including phenoxy) is 2. The molecule has 0 unspecified atom stereocenters. The number of hydrogen-bond acceptors (Lipinski definition) is 7. The van der Waals surface area contributed by atoms with Crippen molar-refractivity contribution < 1.29 is 14.3 Å². The molecule has 2 heterocycles. The Balaban J connectivity index is 1.46. The van der Waals surface area contributed by atoms with E-state index in [0.717, 1.165) is 10.7 Å². The van der Waals surface area contributed by atoms with Crippen molar-refractivity contribution in [2.45, 2.75) is 17.9 Å². The average Bonchev–Trinajstić information content (AvgIpc) is 3.04. The molecular weight excluding hydrogens is 330 g/mol. The van der Waals surface area contributed by atoms with Gasteiger partial charge in [-0.05, 0) is 16.0 Å². The number of thioether (sulfide) groups is 1. The molecule has 24 heavy (non-hydrogen) atoms. The van der Waals surface area contributed by atoms with Gasteiger partial charge in [0.05, 0.1) is 19.3 Å². The number of rotatable bonds is 5. The number of benzene rings is 1. The van der Waals surface area contributed by atoms with E-state index in [1.165, 1.54) is 11.8 Å². The zero-order chi connectivity index (χ0) is 16.8.